The van der Waals surface area contributed by atoms with E-state index in [1.165, 1.54) is 12.1 Å². The number of hydrogen-bond donors (Lipinski definition) is 1. The zero-order chi connectivity index (χ0) is 13.0. The van der Waals surface area contributed by atoms with E-state index in [0.717, 1.165) is 6.54 Å². The van der Waals surface area contributed by atoms with Gasteiger partial charge in [0.15, 0.2) is 0 Å². The summed E-state index contributed by atoms with van der Waals surface area (Å²) in [4.78, 5) is 12.9. The van der Waals surface area contributed by atoms with E-state index >= 15 is 0 Å². The molecule has 1 aliphatic rings. The van der Waals surface area contributed by atoms with Crippen molar-refractivity contribution in [1.82, 2.24) is 4.90 Å². The predicted molar refractivity (Wildman–Crippen MR) is 64.1 cm³/mol. The largest absolute Gasteiger partial charge is 0.492 e. The standard InChI is InChI=1S/C13H16FNO3/c14-11-1-3-12(4-2-11)18-8-7-15-6-5-10(9-15)13(16)17/h1-4,10H,5-9H2,(H,16,17)/t10-/m1/s1. The van der Waals surface area contributed by atoms with E-state index in [2.05, 4.69) is 4.90 Å². The number of carbonyl (C=O) groups is 1. The van der Waals surface area contributed by atoms with Gasteiger partial charge in [0, 0.05) is 13.1 Å². The van der Waals surface area contributed by atoms with Gasteiger partial charge in [-0.25, -0.2) is 4.39 Å². The Morgan fingerprint density at radius 3 is 2.78 bits per heavy atom. The molecular weight excluding hydrogens is 237 g/mol. The number of likely N-dealkylation sites (tertiary alicyclic amines) is 1. The van der Waals surface area contributed by atoms with Crippen LogP contribution in [0.25, 0.3) is 0 Å². The minimum atomic E-state index is -0.725. The number of nitrogens with zero attached hydrogens (tertiary/aromatic N) is 1. The summed E-state index contributed by atoms with van der Waals surface area (Å²) in [6, 6.07) is 5.87. The number of aliphatic carboxylic acids is 1. The molecule has 0 aromatic heterocycles. The van der Waals surface area contributed by atoms with E-state index < -0.39 is 5.97 Å². The molecule has 98 valence electrons. The smallest absolute Gasteiger partial charge is 0.307 e. The molecular formula is C13H16FNO3. The summed E-state index contributed by atoms with van der Waals surface area (Å²) in [5.74, 6) is -0.635. The highest BCUT2D eigenvalue weighted by atomic mass is 19.1. The van der Waals surface area contributed by atoms with Gasteiger partial charge >= 0.3 is 5.97 Å². The molecule has 0 unspecified atom stereocenters. The van der Waals surface area contributed by atoms with Crippen LogP contribution >= 0.6 is 0 Å². The lowest BCUT2D eigenvalue weighted by molar-refractivity contribution is -0.141. The molecule has 1 N–H and O–H groups in total. The van der Waals surface area contributed by atoms with E-state index in [0.29, 0.717) is 31.9 Å². The lowest BCUT2D eigenvalue weighted by Crippen LogP contribution is -2.27. The molecule has 0 bridgehead atoms. The summed E-state index contributed by atoms with van der Waals surface area (Å²) in [6.07, 6.45) is 0.700. The van der Waals surface area contributed by atoms with Crippen LogP contribution in [0, 0.1) is 11.7 Å². The third-order valence-electron chi connectivity index (χ3n) is 3.11. The minimum absolute atomic E-state index is 0.254. The summed E-state index contributed by atoms with van der Waals surface area (Å²) in [5, 5.41) is 8.87. The maximum Gasteiger partial charge on any atom is 0.307 e. The second-order valence-electron chi connectivity index (χ2n) is 4.43. The van der Waals surface area contributed by atoms with Gasteiger partial charge in [0.2, 0.25) is 0 Å². The Morgan fingerprint density at radius 1 is 1.44 bits per heavy atom. The summed E-state index contributed by atoms with van der Waals surface area (Å²) in [7, 11) is 0. The molecule has 1 fully saturated rings. The summed E-state index contributed by atoms with van der Waals surface area (Å²) in [6.45, 7) is 2.56. The maximum atomic E-state index is 12.7. The molecule has 4 nitrogen and oxygen atoms in total. The molecule has 18 heavy (non-hydrogen) atoms. The Balaban J connectivity index is 1.70. The van der Waals surface area contributed by atoms with E-state index in [1.807, 2.05) is 0 Å². The molecule has 0 aliphatic carbocycles. The van der Waals surface area contributed by atoms with Crippen LogP contribution in [-0.2, 0) is 4.79 Å². The first-order chi connectivity index (χ1) is 8.65. The molecule has 1 heterocycles. The predicted octanol–water partition coefficient (Wildman–Crippen LogP) is 1.61. The molecule has 0 amide bonds. The normalized spacial score (nSPS) is 19.9. The van der Waals surface area contributed by atoms with Gasteiger partial charge in [-0.3, -0.25) is 9.69 Å². The fourth-order valence-electron chi connectivity index (χ4n) is 2.06. The van der Waals surface area contributed by atoms with Crippen LogP contribution in [-0.4, -0.2) is 42.2 Å². The topological polar surface area (TPSA) is 49.8 Å². The molecule has 0 spiro atoms. The van der Waals surface area contributed by atoms with Gasteiger partial charge in [-0.2, -0.15) is 0 Å². The molecule has 1 aromatic rings. The van der Waals surface area contributed by atoms with E-state index in [-0.39, 0.29) is 11.7 Å². The van der Waals surface area contributed by atoms with Gasteiger partial charge in [-0.15, -0.1) is 0 Å². The van der Waals surface area contributed by atoms with Crippen LogP contribution in [0.3, 0.4) is 0 Å². The van der Waals surface area contributed by atoms with Crippen molar-refractivity contribution in [1.29, 1.82) is 0 Å². The van der Waals surface area contributed by atoms with Crippen molar-refractivity contribution in [3.8, 4) is 5.75 Å². The van der Waals surface area contributed by atoms with Crippen molar-refractivity contribution in [3.63, 3.8) is 0 Å². The second-order valence-corrected chi connectivity index (χ2v) is 4.43. The summed E-state index contributed by atoms with van der Waals surface area (Å²) < 4.78 is 18.1. The van der Waals surface area contributed by atoms with Crippen molar-refractivity contribution < 1.29 is 19.0 Å². The molecule has 1 aromatic carbocycles. The maximum absolute atomic E-state index is 12.7. The van der Waals surface area contributed by atoms with Crippen LogP contribution in [0.15, 0.2) is 24.3 Å². The van der Waals surface area contributed by atoms with Gasteiger partial charge in [0.25, 0.3) is 0 Å². The van der Waals surface area contributed by atoms with E-state index in [1.54, 1.807) is 12.1 Å². The van der Waals surface area contributed by atoms with Crippen molar-refractivity contribution >= 4 is 5.97 Å². The van der Waals surface area contributed by atoms with E-state index in [9.17, 15) is 9.18 Å². The average Bonchev–Trinajstić information content (AvgIpc) is 2.81. The van der Waals surface area contributed by atoms with Crippen LogP contribution in [0.4, 0.5) is 4.39 Å². The van der Waals surface area contributed by atoms with Crippen LogP contribution in [0.5, 0.6) is 5.75 Å². The Kier molecular flexibility index (Phi) is 4.15. The van der Waals surface area contributed by atoms with Gasteiger partial charge in [-0.05, 0) is 37.2 Å². The number of hydrogen-bond acceptors (Lipinski definition) is 3. The number of carboxylic acid groups (broad SMARTS) is 1. The Hall–Kier alpha value is -1.62. The zero-order valence-electron chi connectivity index (χ0n) is 10.0. The molecule has 1 atom stereocenters. The van der Waals surface area contributed by atoms with Crippen molar-refractivity contribution in [2.24, 2.45) is 5.92 Å². The SMILES string of the molecule is O=C(O)[C@@H]1CCN(CCOc2ccc(F)cc2)C1. The Bertz CT molecular complexity index is 407. The van der Waals surface area contributed by atoms with Gasteiger partial charge in [-0.1, -0.05) is 0 Å². The molecule has 2 rings (SSSR count). The number of carboxylic acids is 1. The first kappa shape index (κ1) is 12.8. The number of rotatable bonds is 5. The van der Waals surface area contributed by atoms with Crippen molar-refractivity contribution in [3.05, 3.63) is 30.1 Å². The molecule has 0 radical (unpaired) electrons. The van der Waals surface area contributed by atoms with Gasteiger partial charge in [0.05, 0.1) is 5.92 Å². The van der Waals surface area contributed by atoms with Crippen molar-refractivity contribution in [2.45, 2.75) is 6.42 Å². The lowest BCUT2D eigenvalue weighted by Gasteiger charge is -2.15. The number of benzene rings is 1. The van der Waals surface area contributed by atoms with Crippen LogP contribution in [0.1, 0.15) is 6.42 Å². The fraction of sp³-hybridized carbons (Fsp3) is 0.462. The number of ether oxygens (including phenoxy) is 1. The Labute approximate surface area is 105 Å². The first-order valence-electron chi connectivity index (χ1n) is 5.98. The Morgan fingerprint density at radius 2 is 2.17 bits per heavy atom. The van der Waals surface area contributed by atoms with Gasteiger partial charge in [0.1, 0.15) is 18.2 Å². The fourth-order valence-corrected chi connectivity index (χ4v) is 2.06. The number of halogens is 1. The third-order valence-corrected chi connectivity index (χ3v) is 3.11. The first-order valence-corrected chi connectivity index (χ1v) is 5.98. The molecule has 1 aliphatic heterocycles. The highest BCUT2D eigenvalue weighted by Gasteiger charge is 2.27. The molecule has 5 heteroatoms. The molecule has 1 saturated heterocycles. The second kappa shape index (κ2) is 5.82. The van der Waals surface area contributed by atoms with E-state index in [4.69, 9.17) is 9.84 Å². The minimum Gasteiger partial charge on any atom is -0.492 e. The molecule has 0 saturated carbocycles. The summed E-state index contributed by atoms with van der Waals surface area (Å²) in [5.41, 5.74) is 0. The van der Waals surface area contributed by atoms with Crippen LogP contribution in [0.2, 0.25) is 0 Å². The van der Waals surface area contributed by atoms with Gasteiger partial charge < -0.3 is 9.84 Å². The highest BCUT2D eigenvalue weighted by Crippen LogP contribution is 2.16. The monoisotopic (exact) mass is 253 g/mol. The zero-order valence-corrected chi connectivity index (χ0v) is 10.0. The van der Waals surface area contributed by atoms with Crippen molar-refractivity contribution in [2.75, 3.05) is 26.2 Å². The lowest BCUT2D eigenvalue weighted by atomic mass is 10.1. The summed E-state index contributed by atoms with van der Waals surface area (Å²) >= 11 is 0. The third kappa shape index (κ3) is 3.43. The quantitative estimate of drug-likeness (QED) is 0.866. The van der Waals surface area contributed by atoms with Crippen LogP contribution < -0.4 is 4.74 Å². The highest BCUT2D eigenvalue weighted by molar-refractivity contribution is 5.70. The average molecular weight is 253 g/mol.